The number of hydrogen-bond donors (Lipinski definition) is 1. The third-order valence-electron chi connectivity index (χ3n) is 4.37. The largest absolute Gasteiger partial charge is 0.497 e. The second kappa shape index (κ2) is 11.4. The molecule has 0 heterocycles. The minimum atomic E-state index is -0.519. The monoisotopic (exact) mass is 400 g/mol. The lowest BCUT2D eigenvalue weighted by Crippen LogP contribution is -2.48. The van der Waals surface area contributed by atoms with E-state index in [0.717, 1.165) is 22.6 Å². The molecule has 6 heteroatoms. The summed E-state index contributed by atoms with van der Waals surface area (Å²) in [6, 6.07) is 17.0. The van der Waals surface area contributed by atoms with Crippen LogP contribution in [0.4, 0.5) is 0 Å². The molecule has 28 heavy (non-hydrogen) atoms. The van der Waals surface area contributed by atoms with Gasteiger partial charge in [-0.05, 0) is 37.1 Å². The molecule has 0 aliphatic carbocycles. The fraction of sp³-hybridized carbons (Fsp3) is 0.364. The third-order valence-corrected chi connectivity index (χ3v) is 5.36. The third kappa shape index (κ3) is 6.60. The van der Waals surface area contributed by atoms with E-state index in [-0.39, 0.29) is 11.8 Å². The molecule has 0 bridgehead atoms. The van der Waals surface area contributed by atoms with Crippen molar-refractivity contribution in [3.8, 4) is 5.75 Å². The van der Waals surface area contributed by atoms with Crippen molar-refractivity contribution in [2.75, 3.05) is 19.4 Å². The molecule has 0 aliphatic rings. The van der Waals surface area contributed by atoms with E-state index in [0.29, 0.717) is 18.8 Å². The van der Waals surface area contributed by atoms with Gasteiger partial charge in [0.15, 0.2) is 0 Å². The lowest BCUT2D eigenvalue weighted by atomic mass is 10.1. The number of nitrogens with one attached hydrogen (secondary N) is 1. The molecule has 0 aromatic heterocycles. The van der Waals surface area contributed by atoms with Gasteiger partial charge in [0.1, 0.15) is 11.8 Å². The number of amides is 2. The van der Waals surface area contributed by atoms with Gasteiger partial charge in [-0.2, -0.15) is 0 Å². The van der Waals surface area contributed by atoms with E-state index < -0.39 is 6.04 Å². The van der Waals surface area contributed by atoms with E-state index >= 15 is 0 Å². The molecule has 1 N–H and O–H groups in total. The maximum atomic E-state index is 12.9. The Morgan fingerprint density at radius 1 is 1.07 bits per heavy atom. The predicted octanol–water partition coefficient (Wildman–Crippen LogP) is 3.48. The molecule has 0 radical (unpaired) electrons. The van der Waals surface area contributed by atoms with Crippen LogP contribution in [-0.4, -0.2) is 42.2 Å². The first-order valence-corrected chi connectivity index (χ1v) is 10.5. The summed E-state index contributed by atoms with van der Waals surface area (Å²) >= 11 is 1.55. The van der Waals surface area contributed by atoms with Crippen LogP contribution in [0.3, 0.4) is 0 Å². The Hall–Kier alpha value is -2.47. The average Bonchev–Trinajstić information content (AvgIpc) is 2.73. The molecule has 2 aromatic carbocycles. The van der Waals surface area contributed by atoms with Crippen molar-refractivity contribution >= 4 is 23.6 Å². The first kappa shape index (κ1) is 21.8. The van der Waals surface area contributed by atoms with E-state index in [1.54, 1.807) is 30.7 Å². The Morgan fingerprint density at radius 3 is 2.36 bits per heavy atom. The van der Waals surface area contributed by atoms with Crippen LogP contribution in [0.5, 0.6) is 5.75 Å². The molecule has 5 nitrogen and oxygen atoms in total. The van der Waals surface area contributed by atoms with Gasteiger partial charge in [0.2, 0.25) is 11.8 Å². The number of carbonyl (C=O) groups excluding carboxylic acids is 2. The van der Waals surface area contributed by atoms with Crippen molar-refractivity contribution in [2.24, 2.45) is 0 Å². The zero-order valence-electron chi connectivity index (χ0n) is 16.7. The Labute approximate surface area is 171 Å². The van der Waals surface area contributed by atoms with Crippen molar-refractivity contribution in [1.82, 2.24) is 10.2 Å². The van der Waals surface area contributed by atoms with Gasteiger partial charge in [-0.25, -0.2) is 0 Å². The number of likely N-dealkylation sites (N-methyl/N-ethyl adjacent to an activating group) is 1. The highest BCUT2D eigenvalue weighted by molar-refractivity contribution is 7.99. The maximum Gasteiger partial charge on any atom is 0.242 e. The maximum absolute atomic E-state index is 12.9. The van der Waals surface area contributed by atoms with Crippen LogP contribution in [0.15, 0.2) is 54.6 Å². The van der Waals surface area contributed by atoms with Crippen LogP contribution < -0.4 is 10.1 Å². The smallest absolute Gasteiger partial charge is 0.242 e. The van der Waals surface area contributed by atoms with Gasteiger partial charge in [-0.15, -0.1) is 11.8 Å². The fourth-order valence-electron chi connectivity index (χ4n) is 2.75. The van der Waals surface area contributed by atoms with E-state index in [2.05, 4.69) is 5.32 Å². The van der Waals surface area contributed by atoms with Crippen molar-refractivity contribution in [2.45, 2.75) is 32.2 Å². The first-order chi connectivity index (χ1) is 13.5. The normalized spacial score (nSPS) is 11.5. The summed E-state index contributed by atoms with van der Waals surface area (Å²) in [7, 11) is 1.64. The van der Waals surface area contributed by atoms with E-state index in [1.165, 1.54) is 0 Å². The van der Waals surface area contributed by atoms with Gasteiger partial charge in [0.05, 0.1) is 12.9 Å². The highest BCUT2D eigenvalue weighted by Gasteiger charge is 2.25. The highest BCUT2D eigenvalue weighted by Crippen LogP contribution is 2.18. The van der Waals surface area contributed by atoms with E-state index in [9.17, 15) is 9.59 Å². The topological polar surface area (TPSA) is 58.6 Å². The van der Waals surface area contributed by atoms with E-state index in [1.807, 2.05) is 61.5 Å². The Morgan fingerprint density at radius 2 is 1.75 bits per heavy atom. The Bertz CT molecular complexity index is 750. The summed E-state index contributed by atoms with van der Waals surface area (Å²) < 4.78 is 5.16. The van der Waals surface area contributed by atoms with Crippen molar-refractivity contribution in [3.63, 3.8) is 0 Å². The van der Waals surface area contributed by atoms with Gasteiger partial charge < -0.3 is 15.0 Å². The van der Waals surface area contributed by atoms with Gasteiger partial charge in [0, 0.05) is 18.8 Å². The molecule has 150 valence electrons. The average molecular weight is 401 g/mol. The highest BCUT2D eigenvalue weighted by atomic mass is 32.2. The molecule has 2 rings (SSSR count). The summed E-state index contributed by atoms with van der Waals surface area (Å²) in [4.78, 5) is 26.9. The van der Waals surface area contributed by atoms with Crippen LogP contribution in [-0.2, 0) is 21.9 Å². The molecule has 0 unspecified atom stereocenters. The van der Waals surface area contributed by atoms with Crippen LogP contribution >= 0.6 is 11.8 Å². The predicted molar refractivity (Wildman–Crippen MR) is 114 cm³/mol. The summed E-state index contributed by atoms with van der Waals surface area (Å²) in [6.45, 7) is 4.61. The quantitative estimate of drug-likeness (QED) is 0.663. The molecular formula is C22H28N2O3S. The van der Waals surface area contributed by atoms with Crippen molar-refractivity contribution in [1.29, 1.82) is 0 Å². The van der Waals surface area contributed by atoms with Crippen LogP contribution in [0.25, 0.3) is 0 Å². The number of benzene rings is 2. The summed E-state index contributed by atoms with van der Waals surface area (Å²) in [6.07, 6.45) is 0. The lowest BCUT2D eigenvalue weighted by Gasteiger charge is -2.28. The zero-order valence-corrected chi connectivity index (χ0v) is 17.5. The number of methoxy groups -OCH3 is 1. The minimum absolute atomic E-state index is 0.0406. The molecule has 2 amide bonds. The molecule has 1 atom stereocenters. The van der Waals surface area contributed by atoms with E-state index in [4.69, 9.17) is 4.74 Å². The summed E-state index contributed by atoms with van der Waals surface area (Å²) in [5, 5.41) is 2.81. The zero-order chi connectivity index (χ0) is 20.4. The molecule has 0 saturated heterocycles. The number of nitrogens with zero attached hydrogens (tertiary/aromatic N) is 1. The first-order valence-electron chi connectivity index (χ1n) is 9.37. The second-order valence-corrected chi connectivity index (χ2v) is 7.40. The molecule has 0 spiro atoms. The van der Waals surface area contributed by atoms with Gasteiger partial charge in [0.25, 0.3) is 0 Å². The minimum Gasteiger partial charge on any atom is -0.497 e. The van der Waals surface area contributed by atoms with Gasteiger partial charge in [-0.1, -0.05) is 42.5 Å². The summed E-state index contributed by atoms with van der Waals surface area (Å²) in [5.74, 6) is 1.69. The van der Waals surface area contributed by atoms with Gasteiger partial charge >= 0.3 is 0 Å². The molecule has 2 aromatic rings. The number of thioether (sulfide) groups is 1. The fourth-order valence-corrected chi connectivity index (χ4v) is 3.62. The number of hydrogen-bond acceptors (Lipinski definition) is 4. The van der Waals surface area contributed by atoms with Gasteiger partial charge in [-0.3, -0.25) is 9.59 Å². The SMILES string of the molecule is CCNC(=O)[C@@H](C)N(Cc1ccccc1)C(=O)CSCc1ccc(OC)cc1. The van der Waals surface area contributed by atoms with Crippen LogP contribution in [0, 0.1) is 0 Å². The second-order valence-electron chi connectivity index (χ2n) is 6.42. The molecule has 0 aliphatic heterocycles. The number of carbonyl (C=O) groups is 2. The summed E-state index contributed by atoms with van der Waals surface area (Å²) in [5.41, 5.74) is 2.14. The molecule has 0 fully saturated rings. The van der Waals surface area contributed by atoms with Crippen molar-refractivity contribution in [3.05, 3.63) is 65.7 Å². The lowest BCUT2D eigenvalue weighted by molar-refractivity contribution is -0.138. The number of rotatable bonds is 10. The van der Waals surface area contributed by atoms with Crippen molar-refractivity contribution < 1.29 is 14.3 Å². The Balaban J connectivity index is 1.99. The standard InChI is InChI=1S/C22H28N2O3S/c1-4-23-22(26)17(2)24(14-18-8-6-5-7-9-18)21(25)16-28-15-19-10-12-20(27-3)13-11-19/h5-13,17H,4,14-16H2,1-3H3,(H,23,26)/t17-/m1/s1. The number of ether oxygens (including phenoxy) is 1. The molecular weight excluding hydrogens is 372 g/mol. The van der Waals surface area contributed by atoms with Crippen LogP contribution in [0.1, 0.15) is 25.0 Å². The Kier molecular flexibility index (Phi) is 8.88. The van der Waals surface area contributed by atoms with Crippen LogP contribution in [0.2, 0.25) is 0 Å². The molecule has 0 saturated carbocycles.